The van der Waals surface area contributed by atoms with Crippen molar-refractivity contribution in [1.29, 1.82) is 0 Å². The van der Waals surface area contributed by atoms with Crippen molar-refractivity contribution in [2.75, 3.05) is 32.8 Å². The number of hydrogen-bond donors (Lipinski definition) is 1. The van der Waals surface area contributed by atoms with Gasteiger partial charge in [0.1, 0.15) is 5.41 Å². The monoisotopic (exact) mass is 394 g/mol. The van der Waals surface area contributed by atoms with Gasteiger partial charge in [-0.1, -0.05) is 23.7 Å². The third-order valence-electron chi connectivity index (χ3n) is 5.32. The summed E-state index contributed by atoms with van der Waals surface area (Å²) < 4.78 is 11.4. The van der Waals surface area contributed by atoms with Crippen LogP contribution in [0.1, 0.15) is 32.3 Å². The van der Waals surface area contributed by atoms with Crippen molar-refractivity contribution >= 4 is 23.4 Å². The second-order valence-corrected chi connectivity index (χ2v) is 8.10. The number of halogens is 1. The van der Waals surface area contributed by atoms with Crippen LogP contribution in [-0.2, 0) is 25.5 Å². The Morgan fingerprint density at radius 2 is 1.89 bits per heavy atom. The summed E-state index contributed by atoms with van der Waals surface area (Å²) in [6.45, 7) is 6.10. The van der Waals surface area contributed by atoms with Crippen LogP contribution < -0.4 is 5.32 Å². The van der Waals surface area contributed by atoms with Crippen LogP contribution in [0.4, 0.5) is 0 Å². The molecule has 0 atom stereocenters. The molecule has 2 amide bonds. The maximum atomic E-state index is 12.9. The summed E-state index contributed by atoms with van der Waals surface area (Å²) in [4.78, 5) is 27.3. The minimum absolute atomic E-state index is 0.157. The molecule has 1 aromatic rings. The molecule has 2 heterocycles. The van der Waals surface area contributed by atoms with Crippen molar-refractivity contribution in [3.8, 4) is 0 Å². The van der Waals surface area contributed by atoms with E-state index >= 15 is 0 Å². The summed E-state index contributed by atoms with van der Waals surface area (Å²) in [7, 11) is 0. The van der Waals surface area contributed by atoms with Crippen LogP contribution in [0.5, 0.6) is 0 Å². The summed E-state index contributed by atoms with van der Waals surface area (Å²) in [5, 5.41) is 3.55. The van der Waals surface area contributed by atoms with E-state index in [9.17, 15) is 9.59 Å². The molecule has 0 unspecified atom stereocenters. The van der Waals surface area contributed by atoms with Crippen LogP contribution in [0.25, 0.3) is 0 Å². The van der Waals surface area contributed by atoms with Gasteiger partial charge in [0, 0.05) is 37.5 Å². The Bertz CT molecular complexity index is 691. The van der Waals surface area contributed by atoms with Crippen LogP contribution in [0.15, 0.2) is 24.3 Å². The maximum absolute atomic E-state index is 12.9. The van der Waals surface area contributed by atoms with Crippen molar-refractivity contribution in [3.05, 3.63) is 34.9 Å². The van der Waals surface area contributed by atoms with E-state index in [1.165, 1.54) is 0 Å². The van der Waals surface area contributed by atoms with Gasteiger partial charge in [-0.2, -0.15) is 0 Å². The Morgan fingerprint density at radius 3 is 2.52 bits per heavy atom. The summed E-state index contributed by atoms with van der Waals surface area (Å²) in [6.07, 6.45) is 1.95. The van der Waals surface area contributed by atoms with Crippen molar-refractivity contribution in [3.63, 3.8) is 0 Å². The molecule has 0 aliphatic carbocycles. The number of likely N-dealkylation sites (tertiary alicyclic amines) is 1. The highest BCUT2D eigenvalue weighted by Gasteiger charge is 2.45. The van der Waals surface area contributed by atoms with Crippen molar-refractivity contribution in [1.82, 2.24) is 10.2 Å². The van der Waals surface area contributed by atoms with Gasteiger partial charge in [0.05, 0.1) is 13.2 Å². The minimum Gasteiger partial charge on any atom is -0.355 e. The number of nitrogens with one attached hydrogen (secondary N) is 1. The first-order valence-electron chi connectivity index (χ1n) is 9.42. The molecule has 0 aromatic heterocycles. The van der Waals surface area contributed by atoms with Gasteiger partial charge in [0.2, 0.25) is 11.8 Å². The molecule has 0 bridgehead atoms. The highest BCUT2D eigenvalue weighted by Crippen LogP contribution is 2.33. The van der Waals surface area contributed by atoms with Crippen LogP contribution in [-0.4, -0.2) is 55.3 Å². The van der Waals surface area contributed by atoms with E-state index in [0.29, 0.717) is 57.1 Å². The Labute approximate surface area is 165 Å². The molecule has 7 heteroatoms. The highest BCUT2D eigenvalue weighted by molar-refractivity contribution is 6.30. The molecule has 2 fully saturated rings. The van der Waals surface area contributed by atoms with Crippen molar-refractivity contribution in [2.45, 2.75) is 38.9 Å². The normalized spacial score (nSPS) is 19.3. The lowest BCUT2D eigenvalue weighted by Crippen LogP contribution is -2.54. The highest BCUT2D eigenvalue weighted by atomic mass is 35.5. The smallest absolute Gasteiger partial charge is 0.237 e. The van der Waals surface area contributed by atoms with Crippen LogP contribution >= 0.6 is 11.6 Å². The average molecular weight is 395 g/mol. The first kappa shape index (κ1) is 20.1. The molecule has 1 aromatic carbocycles. The predicted octanol–water partition coefficient (Wildman–Crippen LogP) is 2.39. The number of piperidine rings is 1. The van der Waals surface area contributed by atoms with Gasteiger partial charge < -0.3 is 19.7 Å². The molecule has 0 radical (unpaired) electrons. The number of rotatable bonds is 5. The van der Waals surface area contributed by atoms with Gasteiger partial charge in [-0.3, -0.25) is 9.59 Å². The van der Waals surface area contributed by atoms with Crippen molar-refractivity contribution in [2.24, 2.45) is 5.41 Å². The maximum Gasteiger partial charge on any atom is 0.237 e. The van der Waals surface area contributed by atoms with Gasteiger partial charge in [-0.25, -0.2) is 0 Å². The number of ether oxygens (including phenoxy) is 2. The first-order valence-corrected chi connectivity index (χ1v) is 9.80. The summed E-state index contributed by atoms with van der Waals surface area (Å²) >= 11 is 5.98. The lowest BCUT2D eigenvalue weighted by Gasteiger charge is -2.40. The standard InChI is InChI=1S/C20H27ClN2O4/c1-19(2,17(24)22-9-6-15-4-3-5-16(21)14-15)18(25)23-10-7-20(8-11-23)26-12-13-27-20/h3-5,14H,6-13H2,1-2H3,(H,22,24). The quantitative estimate of drug-likeness (QED) is 0.778. The van der Waals surface area contributed by atoms with Gasteiger partial charge in [-0.15, -0.1) is 0 Å². The second-order valence-electron chi connectivity index (χ2n) is 7.66. The van der Waals surface area contributed by atoms with E-state index in [0.717, 1.165) is 5.56 Å². The summed E-state index contributed by atoms with van der Waals surface area (Å²) in [6, 6.07) is 7.54. The van der Waals surface area contributed by atoms with E-state index in [-0.39, 0.29) is 11.8 Å². The van der Waals surface area contributed by atoms with Crippen molar-refractivity contribution < 1.29 is 19.1 Å². The molecule has 0 saturated carbocycles. The summed E-state index contributed by atoms with van der Waals surface area (Å²) in [5.74, 6) is -0.945. The predicted molar refractivity (Wildman–Crippen MR) is 102 cm³/mol. The molecule has 1 spiro atoms. The molecule has 2 saturated heterocycles. The Balaban J connectivity index is 1.50. The lowest BCUT2D eigenvalue weighted by molar-refractivity contribution is -0.189. The number of carbonyl (C=O) groups is 2. The fourth-order valence-electron chi connectivity index (χ4n) is 3.56. The van der Waals surface area contributed by atoms with Crippen LogP contribution in [0.3, 0.4) is 0 Å². The van der Waals surface area contributed by atoms with Gasteiger partial charge in [0.15, 0.2) is 5.79 Å². The average Bonchev–Trinajstić information content (AvgIpc) is 3.10. The molecule has 6 nitrogen and oxygen atoms in total. The number of benzene rings is 1. The van der Waals surface area contributed by atoms with E-state index in [4.69, 9.17) is 21.1 Å². The third-order valence-corrected chi connectivity index (χ3v) is 5.55. The summed E-state index contributed by atoms with van der Waals surface area (Å²) in [5.41, 5.74) is -0.0687. The van der Waals surface area contributed by atoms with E-state index in [1.54, 1.807) is 18.7 Å². The van der Waals surface area contributed by atoms with E-state index in [1.807, 2.05) is 24.3 Å². The van der Waals surface area contributed by atoms with Gasteiger partial charge in [0.25, 0.3) is 0 Å². The van der Waals surface area contributed by atoms with Crippen LogP contribution in [0, 0.1) is 5.41 Å². The molecule has 2 aliphatic rings. The zero-order chi connectivity index (χ0) is 19.5. The number of amides is 2. The molecular weight excluding hydrogens is 368 g/mol. The largest absolute Gasteiger partial charge is 0.355 e. The minimum atomic E-state index is -1.11. The molecular formula is C20H27ClN2O4. The Morgan fingerprint density at radius 1 is 1.22 bits per heavy atom. The van der Waals surface area contributed by atoms with E-state index < -0.39 is 11.2 Å². The molecule has 1 N–H and O–H groups in total. The number of hydrogen-bond acceptors (Lipinski definition) is 4. The zero-order valence-corrected chi connectivity index (χ0v) is 16.7. The number of carbonyl (C=O) groups excluding carboxylic acids is 2. The Hall–Kier alpha value is -1.63. The van der Waals surface area contributed by atoms with Gasteiger partial charge >= 0.3 is 0 Å². The first-order chi connectivity index (χ1) is 12.8. The lowest BCUT2D eigenvalue weighted by atomic mass is 9.89. The molecule has 148 valence electrons. The van der Waals surface area contributed by atoms with Crippen LogP contribution in [0.2, 0.25) is 5.02 Å². The fourth-order valence-corrected chi connectivity index (χ4v) is 3.78. The Kier molecular flexibility index (Phi) is 6.08. The third kappa shape index (κ3) is 4.62. The number of nitrogens with zero attached hydrogens (tertiary/aromatic N) is 1. The molecule has 2 aliphatic heterocycles. The van der Waals surface area contributed by atoms with E-state index in [2.05, 4.69) is 5.32 Å². The second kappa shape index (κ2) is 8.17. The molecule has 27 heavy (non-hydrogen) atoms. The molecule has 3 rings (SSSR count). The fraction of sp³-hybridized carbons (Fsp3) is 0.600. The SMILES string of the molecule is CC(C)(C(=O)NCCc1cccc(Cl)c1)C(=O)N1CCC2(CC1)OCCO2. The zero-order valence-electron chi connectivity index (χ0n) is 15.9. The topological polar surface area (TPSA) is 67.9 Å². The van der Waals surface area contributed by atoms with Gasteiger partial charge in [-0.05, 0) is 38.0 Å².